The zero-order chi connectivity index (χ0) is 15.5. The summed E-state index contributed by atoms with van der Waals surface area (Å²) in [7, 11) is 1.29. The number of ether oxygens (including phenoxy) is 1. The SMILES string of the molecule is CC.CC.COC(=O)c1cnc(-c2cc[nH]c(=O)c2)[nH]1. The molecule has 0 aliphatic heterocycles. The van der Waals surface area contributed by atoms with Crippen LogP contribution in [0.5, 0.6) is 0 Å². The Kier molecular flexibility index (Phi) is 8.41. The summed E-state index contributed by atoms with van der Waals surface area (Å²) in [5.41, 5.74) is 0.630. The van der Waals surface area contributed by atoms with Crippen LogP contribution < -0.4 is 5.56 Å². The third-order valence-corrected chi connectivity index (χ3v) is 2.03. The highest BCUT2D eigenvalue weighted by Gasteiger charge is 2.10. The fourth-order valence-corrected chi connectivity index (χ4v) is 1.27. The zero-order valence-electron chi connectivity index (χ0n) is 12.5. The van der Waals surface area contributed by atoms with E-state index >= 15 is 0 Å². The Balaban J connectivity index is 0.000000829. The van der Waals surface area contributed by atoms with Crippen molar-refractivity contribution >= 4 is 5.97 Å². The van der Waals surface area contributed by atoms with Crippen LogP contribution in [0.3, 0.4) is 0 Å². The molecule has 0 fully saturated rings. The first-order valence-electron chi connectivity index (χ1n) is 6.53. The van der Waals surface area contributed by atoms with E-state index in [-0.39, 0.29) is 11.3 Å². The predicted molar refractivity (Wildman–Crippen MR) is 78.7 cm³/mol. The number of carbonyl (C=O) groups is 1. The van der Waals surface area contributed by atoms with Gasteiger partial charge < -0.3 is 14.7 Å². The summed E-state index contributed by atoms with van der Waals surface area (Å²) in [6, 6.07) is 3.07. The number of nitrogens with zero attached hydrogens (tertiary/aromatic N) is 1. The van der Waals surface area contributed by atoms with Gasteiger partial charge in [0.2, 0.25) is 5.56 Å². The van der Waals surface area contributed by atoms with E-state index in [9.17, 15) is 9.59 Å². The second-order valence-electron chi connectivity index (χ2n) is 3.08. The van der Waals surface area contributed by atoms with Crippen molar-refractivity contribution in [2.24, 2.45) is 0 Å². The Morgan fingerprint density at radius 1 is 1.25 bits per heavy atom. The number of esters is 1. The highest BCUT2D eigenvalue weighted by Crippen LogP contribution is 2.12. The number of nitrogens with one attached hydrogen (secondary N) is 2. The summed E-state index contributed by atoms with van der Waals surface area (Å²) >= 11 is 0. The quantitative estimate of drug-likeness (QED) is 0.827. The normalized spacial score (nSPS) is 8.65. The van der Waals surface area contributed by atoms with Gasteiger partial charge in [-0.1, -0.05) is 27.7 Å². The summed E-state index contributed by atoms with van der Waals surface area (Å²) in [4.78, 5) is 31.5. The Morgan fingerprint density at radius 2 is 1.90 bits per heavy atom. The van der Waals surface area contributed by atoms with E-state index in [1.54, 1.807) is 6.07 Å². The van der Waals surface area contributed by atoms with Crippen molar-refractivity contribution in [3.05, 3.63) is 40.6 Å². The molecular weight excluding hydrogens is 258 g/mol. The van der Waals surface area contributed by atoms with E-state index in [4.69, 9.17) is 0 Å². The smallest absolute Gasteiger partial charge is 0.356 e. The summed E-state index contributed by atoms with van der Waals surface area (Å²) in [5, 5.41) is 0. The molecule has 20 heavy (non-hydrogen) atoms. The van der Waals surface area contributed by atoms with Crippen LogP contribution in [0.15, 0.2) is 29.3 Å². The number of hydrogen-bond donors (Lipinski definition) is 2. The first-order valence-corrected chi connectivity index (χ1v) is 6.53. The first-order chi connectivity index (χ1) is 9.70. The van der Waals surface area contributed by atoms with Gasteiger partial charge in [0.1, 0.15) is 11.5 Å². The summed E-state index contributed by atoms with van der Waals surface area (Å²) < 4.78 is 4.53. The molecule has 2 aromatic rings. The van der Waals surface area contributed by atoms with Crippen molar-refractivity contribution < 1.29 is 9.53 Å². The van der Waals surface area contributed by atoms with Gasteiger partial charge >= 0.3 is 5.97 Å². The van der Waals surface area contributed by atoms with Gasteiger partial charge in [-0.3, -0.25) is 4.79 Å². The summed E-state index contributed by atoms with van der Waals surface area (Å²) in [5.74, 6) is -0.0462. The largest absolute Gasteiger partial charge is 0.464 e. The molecule has 0 atom stereocenters. The lowest BCUT2D eigenvalue weighted by atomic mass is 10.2. The van der Waals surface area contributed by atoms with Crippen LogP contribution in [0.25, 0.3) is 11.4 Å². The lowest BCUT2D eigenvalue weighted by Gasteiger charge is -1.95. The van der Waals surface area contributed by atoms with Crippen LogP contribution in [-0.2, 0) is 4.74 Å². The second kappa shape index (κ2) is 9.55. The highest BCUT2D eigenvalue weighted by atomic mass is 16.5. The molecule has 0 aliphatic rings. The minimum atomic E-state index is -0.497. The molecule has 2 rings (SSSR count). The van der Waals surface area contributed by atoms with E-state index < -0.39 is 5.97 Å². The highest BCUT2D eigenvalue weighted by molar-refractivity contribution is 5.87. The molecule has 0 aromatic carbocycles. The van der Waals surface area contributed by atoms with Crippen LogP contribution in [0.1, 0.15) is 38.2 Å². The van der Waals surface area contributed by atoms with Gasteiger partial charge in [-0.05, 0) is 6.07 Å². The maximum atomic E-state index is 11.2. The number of methoxy groups -OCH3 is 1. The van der Waals surface area contributed by atoms with Crippen molar-refractivity contribution in [3.63, 3.8) is 0 Å². The third kappa shape index (κ3) is 4.72. The van der Waals surface area contributed by atoms with E-state index in [1.807, 2.05) is 27.7 Å². The molecule has 0 bridgehead atoms. The fourth-order valence-electron chi connectivity index (χ4n) is 1.27. The van der Waals surface area contributed by atoms with Crippen molar-refractivity contribution in [3.8, 4) is 11.4 Å². The molecule has 0 unspecified atom stereocenters. The molecule has 2 heterocycles. The number of aromatic nitrogens is 3. The van der Waals surface area contributed by atoms with Gasteiger partial charge in [0.15, 0.2) is 0 Å². The van der Waals surface area contributed by atoms with Crippen LogP contribution in [0, 0.1) is 0 Å². The van der Waals surface area contributed by atoms with Crippen molar-refractivity contribution in [2.75, 3.05) is 7.11 Å². The molecule has 0 aliphatic carbocycles. The molecule has 2 aromatic heterocycles. The van der Waals surface area contributed by atoms with E-state index in [1.165, 1.54) is 25.6 Å². The van der Waals surface area contributed by atoms with E-state index in [2.05, 4.69) is 19.7 Å². The summed E-state index contributed by atoms with van der Waals surface area (Å²) in [6.45, 7) is 8.00. The van der Waals surface area contributed by atoms with Crippen LogP contribution in [0.4, 0.5) is 0 Å². The Labute approximate surface area is 118 Å². The van der Waals surface area contributed by atoms with Crippen molar-refractivity contribution in [1.29, 1.82) is 0 Å². The lowest BCUT2D eigenvalue weighted by Crippen LogP contribution is -2.03. The van der Waals surface area contributed by atoms with Gasteiger partial charge in [0.05, 0.1) is 13.3 Å². The monoisotopic (exact) mass is 279 g/mol. The second-order valence-corrected chi connectivity index (χ2v) is 3.08. The topological polar surface area (TPSA) is 87.8 Å². The molecule has 0 spiro atoms. The number of aromatic amines is 2. The molecule has 2 N–H and O–H groups in total. The van der Waals surface area contributed by atoms with Gasteiger partial charge in [-0.2, -0.15) is 0 Å². The lowest BCUT2D eigenvalue weighted by molar-refractivity contribution is 0.0595. The Hall–Kier alpha value is -2.37. The van der Waals surface area contributed by atoms with Crippen LogP contribution >= 0.6 is 0 Å². The molecule has 0 amide bonds. The maximum Gasteiger partial charge on any atom is 0.356 e. The zero-order valence-corrected chi connectivity index (χ0v) is 12.5. The number of imidazole rings is 1. The average molecular weight is 279 g/mol. The molecule has 0 saturated carbocycles. The number of pyridine rings is 1. The van der Waals surface area contributed by atoms with Gasteiger partial charge in [-0.25, -0.2) is 9.78 Å². The van der Waals surface area contributed by atoms with Crippen molar-refractivity contribution in [1.82, 2.24) is 15.0 Å². The molecule has 6 heteroatoms. The molecule has 0 radical (unpaired) electrons. The number of hydrogen-bond acceptors (Lipinski definition) is 4. The van der Waals surface area contributed by atoms with E-state index in [0.717, 1.165) is 0 Å². The first kappa shape index (κ1) is 17.6. The fraction of sp³-hybridized carbons (Fsp3) is 0.357. The number of rotatable bonds is 2. The predicted octanol–water partition coefficient (Wildman–Crippen LogP) is 2.60. The third-order valence-electron chi connectivity index (χ3n) is 2.03. The Bertz CT molecular complexity index is 573. The Morgan fingerprint density at radius 3 is 2.45 bits per heavy atom. The molecule has 0 saturated heterocycles. The number of carbonyl (C=O) groups excluding carboxylic acids is 1. The standard InChI is InChI=1S/C10H9N3O3.2C2H6/c1-16-10(15)7-5-12-9(13-7)6-2-3-11-8(14)4-6;2*1-2/h2-5H,1H3,(H,11,14)(H,12,13);2*1-2H3. The van der Waals surface area contributed by atoms with Gasteiger partial charge in [0, 0.05) is 17.8 Å². The van der Waals surface area contributed by atoms with Gasteiger partial charge in [0.25, 0.3) is 0 Å². The number of H-pyrrole nitrogens is 2. The minimum Gasteiger partial charge on any atom is -0.464 e. The molecular formula is C14H21N3O3. The van der Waals surface area contributed by atoms with E-state index in [0.29, 0.717) is 11.4 Å². The average Bonchev–Trinajstić information content (AvgIpc) is 3.00. The van der Waals surface area contributed by atoms with Crippen LogP contribution in [0.2, 0.25) is 0 Å². The maximum absolute atomic E-state index is 11.2. The summed E-state index contributed by atoms with van der Waals surface area (Å²) in [6.07, 6.45) is 2.88. The molecule has 6 nitrogen and oxygen atoms in total. The molecule has 110 valence electrons. The minimum absolute atomic E-state index is 0.228. The van der Waals surface area contributed by atoms with Gasteiger partial charge in [-0.15, -0.1) is 0 Å². The van der Waals surface area contributed by atoms with Crippen LogP contribution in [-0.4, -0.2) is 28.0 Å². The van der Waals surface area contributed by atoms with Crippen molar-refractivity contribution in [2.45, 2.75) is 27.7 Å².